The summed E-state index contributed by atoms with van der Waals surface area (Å²) in [5.74, 6) is 0. The molecule has 1 nitrogen and oxygen atoms in total. The van der Waals surface area contributed by atoms with Gasteiger partial charge in [0.2, 0.25) is 0 Å². The lowest BCUT2D eigenvalue weighted by atomic mass is 9.95. The zero-order chi connectivity index (χ0) is 8.69. The van der Waals surface area contributed by atoms with E-state index in [2.05, 4.69) is 18.8 Å². The van der Waals surface area contributed by atoms with Gasteiger partial charge in [-0.05, 0) is 14.0 Å². The average molecular weight is 147 g/mol. The van der Waals surface area contributed by atoms with Crippen molar-refractivity contribution in [3.05, 3.63) is 36.4 Å². The van der Waals surface area contributed by atoms with Crippen molar-refractivity contribution in [3.63, 3.8) is 0 Å². The second-order valence-corrected chi connectivity index (χ2v) is 2.33. The van der Waals surface area contributed by atoms with Crippen molar-refractivity contribution in [2.45, 2.75) is 13.0 Å². The van der Waals surface area contributed by atoms with Gasteiger partial charge in [-0.15, -0.1) is 0 Å². The van der Waals surface area contributed by atoms with E-state index in [1.807, 2.05) is 25.3 Å². The Morgan fingerprint density at radius 2 is 2.27 bits per heavy atom. The lowest BCUT2D eigenvalue weighted by Crippen LogP contribution is -2.17. The minimum absolute atomic E-state index is 0.379. The zero-order valence-electron chi connectivity index (χ0n) is 7.17. The van der Waals surface area contributed by atoms with Crippen molar-refractivity contribution < 1.29 is 0 Å². The maximum atomic E-state index is 5.47. The molecule has 0 aromatic rings. The maximum absolute atomic E-state index is 5.47. The Morgan fingerprint density at radius 1 is 1.64 bits per heavy atom. The summed E-state index contributed by atoms with van der Waals surface area (Å²) in [6.45, 7) is 5.60. The first-order valence-corrected chi connectivity index (χ1v) is 3.64. The Kier molecular flexibility index (Phi) is 5.58. The number of rotatable bonds is 4. The predicted molar refractivity (Wildman–Crippen MR) is 51.7 cm³/mol. The van der Waals surface area contributed by atoms with Crippen molar-refractivity contribution in [2.24, 2.45) is 0 Å². The minimum atomic E-state index is 0.379. The van der Waals surface area contributed by atoms with Crippen molar-refractivity contribution >= 4 is 7.85 Å². The Bertz CT molecular complexity index is 170. The highest BCUT2D eigenvalue weighted by Crippen LogP contribution is 1.90. The largest absolute Gasteiger partial charge is 0.314 e. The summed E-state index contributed by atoms with van der Waals surface area (Å²) < 4.78 is 0. The SMILES string of the molecule is [B]/C(C=C)=C/C=C\C(C)NC. The third-order valence-electron chi connectivity index (χ3n) is 1.38. The summed E-state index contributed by atoms with van der Waals surface area (Å²) in [4.78, 5) is 0. The standard InChI is InChI=1S/C9H14BN/c1-4-9(10)7-5-6-8(2)11-3/h4-8,11H,1H2,2-3H3/b6-5-,9-7+. The molecule has 0 spiro atoms. The van der Waals surface area contributed by atoms with Crippen LogP contribution in [-0.4, -0.2) is 20.9 Å². The third kappa shape index (κ3) is 5.68. The lowest BCUT2D eigenvalue weighted by Gasteiger charge is -2.00. The number of nitrogens with one attached hydrogen (secondary N) is 1. The predicted octanol–water partition coefficient (Wildman–Crippen LogP) is 1.39. The summed E-state index contributed by atoms with van der Waals surface area (Å²) in [5, 5.41) is 3.07. The van der Waals surface area contributed by atoms with Gasteiger partial charge in [-0.25, -0.2) is 0 Å². The summed E-state index contributed by atoms with van der Waals surface area (Å²) in [6.07, 6.45) is 7.38. The number of hydrogen-bond donors (Lipinski definition) is 1. The maximum Gasteiger partial charge on any atom is 0.113 e. The van der Waals surface area contributed by atoms with Crippen LogP contribution in [0.1, 0.15) is 6.92 Å². The molecular formula is C9H14BN. The van der Waals surface area contributed by atoms with Gasteiger partial charge in [0.05, 0.1) is 0 Å². The van der Waals surface area contributed by atoms with Crippen LogP contribution in [0.25, 0.3) is 0 Å². The van der Waals surface area contributed by atoms with Gasteiger partial charge in [0.1, 0.15) is 7.85 Å². The Labute approximate surface area is 70.3 Å². The molecule has 0 aromatic carbocycles. The normalized spacial score (nSPS) is 15.3. The smallest absolute Gasteiger partial charge is 0.113 e. The Hall–Kier alpha value is -0.755. The molecule has 0 aliphatic heterocycles. The molecule has 0 aromatic heterocycles. The van der Waals surface area contributed by atoms with E-state index in [9.17, 15) is 0 Å². The van der Waals surface area contributed by atoms with Gasteiger partial charge in [-0.3, -0.25) is 0 Å². The fraction of sp³-hybridized carbons (Fsp3) is 0.333. The molecule has 0 bridgehead atoms. The molecule has 0 saturated heterocycles. The molecule has 0 aliphatic carbocycles. The van der Waals surface area contributed by atoms with E-state index in [0.29, 0.717) is 11.5 Å². The molecule has 0 fully saturated rings. The van der Waals surface area contributed by atoms with Crippen molar-refractivity contribution in [3.8, 4) is 0 Å². The van der Waals surface area contributed by atoms with Gasteiger partial charge in [0.15, 0.2) is 0 Å². The Morgan fingerprint density at radius 3 is 2.73 bits per heavy atom. The highest BCUT2D eigenvalue weighted by Gasteiger charge is 1.85. The van der Waals surface area contributed by atoms with Crippen LogP contribution < -0.4 is 5.32 Å². The molecule has 0 amide bonds. The molecule has 0 rings (SSSR count). The van der Waals surface area contributed by atoms with Crippen LogP contribution in [0.5, 0.6) is 0 Å². The topological polar surface area (TPSA) is 12.0 Å². The van der Waals surface area contributed by atoms with Gasteiger partial charge >= 0.3 is 0 Å². The van der Waals surface area contributed by atoms with E-state index in [1.165, 1.54) is 0 Å². The summed E-state index contributed by atoms with van der Waals surface area (Å²) in [7, 11) is 7.38. The summed E-state index contributed by atoms with van der Waals surface area (Å²) in [6, 6.07) is 0.379. The monoisotopic (exact) mass is 147 g/mol. The van der Waals surface area contributed by atoms with Gasteiger partial charge in [0.25, 0.3) is 0 Å². The van der Waals surface area contributed by atoms with E-state index < -0.39 is 0 Å². The van der Waals surface area contributed by atoms with E-state index in [4.69, 9.17) is 7.85 Å². The molecule has 0 saturated carbocycles. The molecule has 1 unspecified atom stereocenters. The summed E-state index contributed by atoms with van der Waals surface area (Å²) in [5.41, 5.74) is 0.685. The van der Waals surface area contributed by atoms with Crippen LogP contribution in [-0.2, 0) is 0 Å². The van der Waals surface area contributed by atoms with E-state index in [0.717, 1.165) is 0 Å². The quantitative estimate of drug-likeness (QED) is 0.468. The Balaban J connectivity index is 3.84. The molecule has 0 aliphatic rings. The molecule has 1 atom stereocenters. The summed E-state index contributed by atoms with van der Waals surface area (Å²) >= 11 is 0. The number of allylic oxidation sites excluding steroid dienone is 4. The van der Waals surface area contributed by atoms with E-state index >= 15 is 0 Å². The lowest BCUT2D eigenvalue weighted by molar-refractivity contribution is 0.729. The van der Waals surface area contributed by atoms with Gasteiger partial charge in [-0.1, -0.05) is 36.4 Å². The number of hydrogen-bond acceptors (Lipinski definition) is 1. The first-order valence-electron chi connectivity index (χ1n) is 3.64. The number of likely N-dealkylation sites (N-methyl/N-ethyl adjacent to an activating group) is 1. The molecule has 2 heteroatoms. The van der Waals surface area contributed by atoms with E-state index in [1.54, 1.807) is 6.08 Å². The van der Waals surface area contributed by atoms with Crippen LogP contribution in [0.4, 0.5) is 0 Å². The fourth-order valence-electron chi connectivity index (χ4n) is 0.498. The van der Waals surface area contributed by atoms with Gasteiger partial charge in [-0.2, -0.15) is 0 Å². The van der Waals surface area contributed by atoms with Crippen molar-refractivity contribution in [1.29, 1.82) is 0 Å². The highest BCUT2D eigenvalue weighted by atomic mass is 14.8. The molecule has 2 radical (unpaired) electrons. The van der Waals surface area contributed by atoms with Gasteiger partial charge < -0.3 is 5.32 Å². The second-order valence-electron chi connectivity index (χ2n) is 2.33. The fourth-order valence-corrected chi connectivity index (χ4v) is 0.498. The first kappa shape index (κ1) is 10.2. The molecule has 0 heterocycles. The van der Waals surface area contributed by atoms with Crippen LogP contribution in [0.15, 0.2) is 36.4 Å². The zero-order valence-corrected chi connectivity index (χ0v) is 7.17. The van der Waals surface area contributed by atoms with Crippen molar-refractivity contribution in [1.82, 2.24) is 5.32 Å². The molecule has 58 valence electrons. The van der Waals surface area contributed by atoms with Gasteiger partial charge in [0, 0.05) is 6.04 Å². The second kappa shape index (κ2) is 5.99. The van der Waals surface area contributed by atoms with Crippen LogP contribution in [0.3, 0.4) is 0 Å². The minimum Gasteiger partial charge on any atom is -0.314 e. The highest BCUT2D eigenvalue weighted by molar-refractivity contribution is 6.23. The van der Waals surface area contributed by atoms with Crippen molar-refractivity contribution in [2.75, 3.05) is 7.05 Å². The van der Waals surface area contributed by atoms with E-state index in [-0.39, 0.29) is 0 Å². The first-order chi connectivity index (χ1) is 5.20. The molecule has 11 heavy (non-hydrogen) atoms. The van der Waals surface area contributed by atoms with Crippen LogP contribution in [0.2, 0.25) is 0 Å². The average Bonchev–Trinajstić information content (AvgIpc) is 2.04. The van der Waals surface area contributed by atoms with Crippen LogP contribution >= 0.6 is 0 Å². The third-order valence-corrected chi connectivity index (χ3v) is 1.38. The van der Waals surface area contributed by atoms with Crippen LogP contribution in [0, 0.1) is 0 Å². The molecule has 1 N–H and O–H groups in total. The molecular weight excluding hydrogens is 133 g/mol.